The number of rotatable bonds is 7. The van der Waals surface area contributed by atoms with E-state index in [2.05, 4.69) is 27.8 Å². The van der Waals surface area contributed by atoms with Crippen molar-refractivity contribution in [1.82, 2.24) is 14.7 Å². The fourth-order valence-corrected chi connectivity index (χ4v) is 4.59. The molecule has 1 aliphatic carbocycles. The van der Waals surface area contributed by atoms with Gasteiger partial charge in [0.2, 0.25) is 0 Å². The quantitative estimate of drug-likeness (QED) is 0.718. The second-order valence-electron chi connectivity index (χ2n) is 7.92. The Morgan fingerprint density at radius 1 is 1.21 bits per heavy atom. The zero-order valence-electron chi connectivity index (χ0n) is 17.3. The number of hydrogen-bond donors (Lipinski definition) is 0. The first-order chi connectivity index (χ1) is 14.3. The summed E-state index contributed by atoms with van der Waals surface area (Å²) < 4.78 is 13.0. The van der Waals surface area contributed by atoms with Crippen molar-refractivity contribution in [2.75, 3.05) is 40.0 Å². The summed E-state index contributed by atoms with van der Waals surface area (Å²) in [4.78, 5) is 2.47. The van der Waals surface area contributed by atoms with E-state index in [0.717, 1.165) is 82.1 Å². The van der Waals surface area contributed by atoms with Crippen molar-refractivity contribution in [3.8, 4) is 23.1 Å². The minimum Gasteiger partial charge on any atom is -0.497 e. The van der Waals surface area contributed by atoms with Crippen LogP contribution in [-0.2, 0) is 17.7 Å². The number of nitrogens with zero attached hydrogens (tertiary/aromatic N) is 4. The molecule has 1 unspecified atom stereocenters. The second-order valence-corrected chi connectivity index (χ2v) is 7.92. The Balaban J connectivity index is 1.58. The third-order valence-electron chi connectivity index (χ3n) is 6.12. The maximum Gasteiger partial charge on any atom is 0.118 e. The summed E-state index contributed by atoms with van der Waals surface area (Å²) in [5.41, 5.74) is 4.80. The molecule has 1 aromatic heterocycles. The van der Waals surface area contributed by atoms with Crippen molar-refractivity contribution in [3.05, 3.63) is 35.5 Å². The lowest BCUT2D eigenvalue weighted by Crippen LogP contribution is -2.37. The highest BCUT2D eigenvalue weighted by Crippen LogP contribution is 2.40. The van der Waals surface area contributed by atoms with Crippen molar-refractivity contribution >= 4 is 0 Å². The largest absolute Gasteiger partial charge is 0.497 e. The molecule has 1 saturated heterocycles. The minimum atomic E-state index is 0.286. The van der Waals surface area contributed by atoms with Crippen LogP contribution in [0.5, 0.6) is 5.75 Å². The summed E-state index contributed by atoms with van der Waals surface area (Å²) in [6.45, 7) is 5.74. The first kappa shape index (κ1) is 19.9. The number of benzene rings is 1. The van der Waals surface area contributed by atoms with Gasteiger partial charge in [-0.2, -0.15) is 10.4 Å². The SMILES string of the molecule is COc1ccc(-c2nn(CCCN3CCOCC3)c3c2C(CC#N)CCC3)cc1. The molecule has 6 heteroatoms. The molecule has 1 aliphatic heterocycles. The van der Waals surface area contributed by atoms with E-state index in [1.165, 1.54) is 11.3 Å². The van der Waals surface area contributed by atoms with Crippen molar-refractivity contribution in [3.63, 3.8) is 0 Å². The third kappa shape index (κ3) is 4.47. The summed E-state index contributed by atoms with van der Waals surface area (Å²) in [5, 5.41) is 14.4. The van der Waals surface area contributed by atoms with Crippen molar-refractivity contribution in [1.29, 1.82) is 5.26 Å². The van der Waals surface area contributed by atoms with Crippen LogP contribution in [0.15, 0.2) is 24.3 Å². The van der Waals surface area contributed by atoms with Gasteiger partial charge in [-0.1, -0.05) is 0 Å². The number of aryl methyl sites for hydroxylation is 1. The first-order valence-corrected chi connectivity index (χ1v) is 10.7. The Labute approximate surface area is 173 Å². The molecule has 0 N–H and O–H groups in total. The molecule has 0 saturated carbocycles. The predicted molar refractivity (Wildman–Crippen MR) is 112 cm³/mol. The van der Waals surface area contributed by atoms with Crippen molar-refractivity contribution in [2.45, 2.75) is 44.6 Å². The molecule has 29 heavy (non-hydrogen) atoms. The summed E-state index contributed by atoms with van der Waals surface area (Å²) in [6, 6.07) is 10.5. The molecule has 0 bridgehead atoms. The van der Waals surface area contributed by atoms with Crippen LogP contribution in [0.4, 0.5) is 0 Å². The van der Waals surface area contributed by atoms with Crippen molar-refractivity contribution < 1.29 is 9.47 Å². The van der Waals surface area contributed by atoms with Gasteiger partial charge in [0.05, 0.1) is 32.1 Å². The highest BCUT2D eigenvalue weighted by atomic mass is 16.5. The number of morpholine rings is 1. The Bertz CT molecular complexity index is 847. The Morgan fingerprint density at radius 2 is 2.00 bits per heavy atom. The van der Waals surface area contributed by atoms with Crippen LogP contribution >= 0.6 is 0 Å². The van der Waals surface area contributed by atoms with Gasteiger partial charge >= 0.3 is 0 Å². The van der Waals surface area contributed by atoms with Crippen LogP contribution in [-0.4, -0.2) is 54.6 Å². The molecule has 1 atom stereocenters. The van der Waals surface area contributed by atoms with Crippen LogP contribution in [0.3, 0.4) is 0 Å². The highest BCUT2D eigenvalue weighted by Gasteiger charge is 2.29. The van der Waals surface area contributed by atoms with E-state index in [9.17, 15) is 5.26 Å². The molecule has 154 valence electrons. The van der Waals surface area contributed by atoms with Crippen LogP contribution in [0.1, 0.15) is 42.9 Å². The number of aromatic nitrogens is 2. The maximum absolute atomic E-state index is 9.36. The van der Waals surface area contributed by atoms with Gasteiger partial charge in [-0.25, -0.2) is 0 Å². The van der Waals surface area contributed by atoms with Crippen LogP contribution in [0, 0.1) is 11.3 Å². The van der Waals surface area contributed by atoms with E-state index in [0.29, 0.717) is 6.42 Å². The lowest BCUT2D eigenvalue weighted by atomic mass is 9.82. The Hall–Kier alpha value is -2.36. The van der Waals surface area contributed by atoms with Crippen LogP contribution < -0.4 is 4.74 Å². The van der Waals surface area contributed by atoms with E-state index >= 15 is 0 Å². The molecule has 2 aliphatic rings. The molecule has 1 aromatic carbocycles. The second kappa shape index (κ2) is 9.43. The average Bonchev–Trinajstić information content (AvgIpc) is 3.14. The first-order valence-electron chi connectivity index (χ1n) is 10.7. The van der Waals surface area contributed by atoms with Crippen LogP contribution in [0.25, 0.3) is 11.3 Å². The van der Waals surface area contributed by atoms with Gasteiger partial charge in [0, 0.05) is 55.3 Å². The zero-order valence-corrected chi connectivity index (χ0v) is 17.3. The average molecular weight is 395 g/mol. The summed E-state index contributed by atoms with van der Waals surface area (Å²) in [6.07, 6.45) is 4.91. The van der Waals surface area contributed by atoms with Gasteiger partial charge in [0.1, 0.15) is 5.75 Å². The number of fused-ring (bicyclic) bond motifs is 1. The third-order valence-corrected chi connectivity index (χ3v) is 6.12. The highest BCUT2D eigenvalue weighted by molar-refractivity contribution is 5.66. The summed E-state index contributed by atoms with van der Waals surface area (Å²) in [7, 11) is 1.68. The van der Waals surface area contributed by atoms with Gasteiger partial charge in [-0.3, -0.25) is 9.58 Å². The topological polar surface area (TPSA) is 63.3 Å². The molecule has 0 amide bonds. The lowest BCUT2D eigenvalue weighted by molar-refractivity contribution is 0.0368. The van der Waals surface area contributed by atoms with Gasteiger partial charge in [-0.05, 0) is 49.9 Å². The number of methoxy groups -OCH3 is 1. The number of ether oxygens (including phenoxy) is 2. The van der Waals surface area contributed by atoms with Crippen LogP contribution in [0.2, 0.25) is 0 Å². The van der Waals surface area contributed by atoms with E-state index in [1.54, 1.807) is 7.11 Å². The zero-order chi connectivity index (χ0) is 20.1. The van der Waals surface area contributed by atoms with E-state index < -0.39 is 0 Å². The van der Waals surface area contributed by atoms with E-state index in [4.69, 9.17) is 14.6 Å². The Kier molecular flexibility index (Phi) is 6.48. The van der Waals surface area contributed by atoms with Gasteiger partial charge in [0.15, 0.2) is 0 Å². The molecule has 0 spiro atoms. The summed E-state index contributed by atoms with van der Waals surface area (Å²) in [5.74, 6) is 1.13. The molecule has 6 nitrogen and oxygen atoms in total. The molecule has 1 fully saturated rings. The number of hydrogen-bond acceptors (Lipinski definition) is 5. The van der Waals surface area contributed by atoms with Gasteiger partial charge in [0.25, 0.3) is 0 Å². The van der Waals surface area contributed by atoms with Gasteiger partial charge in [-0.15, -0.1) is 0 Å². The molecule has 2 heterocycles. The molecule has 2 aromatic rings. The predicted octanol–water partition coefficient (Wildman–Crippen LogP) is 3.61. The van der Waals surface area contributed by atoms with Gasteiger partial charge < -0.3 is 9.47 Å². The number of nitriles is 1. The Morgan fingerprint density at radius 3 is 2.72 bits per heavy atom. The van der Waals surface area contributed by atoms with E-state index in [-0.39, 0.29) is 5.92 Å². The molecular formula is C23H30N4O2. The van der Waals surface area contributed by atoms with Crippen molar-refractivity contribution in [2.24, 2.45) is 0 Å². The monoisotopic (exact) mass is 394 g/mol. The fourth-order valence-electron chi connectivity index (χ4n) is 4.59. The minimum absolute atomic E-state index is 0.286. The fraction of sp³-hybridized carbons (Fsp3) is 0.565. The lowest BCUT2D eigenvalue weighted by Gasteiger charge is -2.26. The normalized spacial score (nSPS) is 19.5. The molecule has 4 rings (SSSR count). The standard InChI is InChI=1S/C23H30N4O2/c1-28-20-8-6-19(7-9-20)23-22-18(10-11-24)4-2-5-21(22)27(25-23)13-3-12-26-14-16-29-17-15-26/h6-9,18H,2-5,10,12-17H2,1H3. The smallest absolute Gasteiger partial charge is 0.118 e. The summed E-state index contributed by atoms with van der Waals surface area (Å²) >= 11 is 0. The maximum atomic E-state index is 9.36. The van der Waals surface area contributed by atoms with E-state index in [1.807, 2.05) is 12.1 Å². The molecule has 0 radical (unpaired) electrons. The molecular weight excluding hydrogens is 364 g/mol.